The van der Waals surface area contributed by atoms with Crippen molar-refractivity contribution in [3.05, 3.63) is 53.1 Å². The number of ether oxygens (including phenoxy) is 1. The summed E-state index contributed by atoms with van der Waals surface area (Å²) in [5, 5.41) is 9.06. The van der Waals surface area contributed by atoms with Gasteiger partial charge in [-0.05, 0) is 6.07 Å². The highest BCUT2D eigenvalue weighted by atomic mass is 19.1. The van der Waals surface area contributed by atoms with Gasteiger partial charge in [0, 0.05) is 31.0 Å². The molecule has 0 saturated carbocycles. The van der Waals surface area contributed by atoms with Crippen LogP contribution in [0.15, 0.2) is 30.6 Å². The number of benzene rings is 1. The highest BCUT2D eigenvalue weighted by Gasteiger charge is 2.13. The Kier molecular flexibility index (Phi) is 4.81. The third-order valence-corrected chi connectivity index (χ3v) is 3.52. The third kappa shape index (κ3) is 3.65. The van der Waals surface area contributed by atoms with Gasteiger partial charge in [0.15, 0.2) is 0 Å². The van der Waals surface area contributed by atoms with E-state index < -0.39 is 5.82 Å². The average Bonchev–Trinajstić information content (AvgIpc) is 2.62. The number of aliphatic hydroxyl groups is 1. The van der Waals surface area contributed by atoms with Gasteiger partial charge in [-0.15, -0.1) is 0 Å². The molecule has 1 fully saturated rings. The normalized spacial score (nSPS) is 14.3. The van der Waals surface area contributed by atoms with E-state index in [1.807, 2.05) is 4.90 Å². The topological polar surface area (TPSA) is 58.5 Å². The van der Waals surface area contributed by atoms with E-state index in [4.69, 9.17) is 9.84 Å². The number of rotatable bonds is 2. The summed E-state index contributed by atoms with van der Waals surface area (Å²) in [6.45, 7) is 2.53. The third-order valence-electron chi connectivity index (χ3n) is 3.52. The predicted octanol–water partition coefficient (Wildman–Crippen LogP) is 1.34. The molecule has 1 N–H and O–H groups in total. The number of aliphatic hydroxyl groups excluding tert-OH is 1. The quantitative estimate of drug-likeness (QED) is 0.848. The zero-order chi connectivity index (χ0) is 16.1. The van der Waals surface area contributed by atoms with Gasteiger partial charge in [-0.2, -0.15) is 0 Å². The Morgan fingerprint density at radius 3 is 2.61 bits per heavy atom. The lowest BCUT2D eigenvalue weighted by Crippen LogP contribution is -2.37. The van der Waals surface area contributed by atoms with Gasteiger partial charge in [-0.25, -0.2) is 14.4 Å². The second kappa shape index (κ2) is 7.18. The highest BCUT2D eigenvalue weighted by Crippen LogP contribution is 2.12. The molecule has 0 spiro atoms. The Labute approximate surface area is 133 Å². The molecule has 1 saturated heterocycles. The van der Waals surface area contributed by atoms with Crippen LogP contribution in [0.1, 0.15) is 16.7 Å². The predicted molar refractivity (Wildman–Crippen MR) is 83.4 cm³/mol. The molecule has 2 aromatic rings. The van der Waals surface area contributed by atoms with Crippen LogP contribution >= 0.6 is 0 Å². The molecule has 3 rings (SSSR count). The van der Waals surface area contributed by atoms with Crippen molar-refractivity contribution in [3.63, 3.8) is 0 Å². The number of hydrogen-bond acceptors (Lipinski definition) is 5. The van der Waals surface area contributed by atoms with E-state index in [-0.39, 0.29) is 17.7 Å². The van der Waals surface area contributed by atoms with Gasteiger partial charge >= 0.3 is 0 Å². The van der Waals surface area contributed by atoms with E-state index in [1.165, 1.54) is 6.07 Å². The Hall–Kier alpha value is -2.49. The first kappa shape index (κ1) is 15.4. The van der Waals surface area contributed by atoms with Gasteiger partial charge in [-0.3, -0.25) is 0 Å². The number of halogens is 1. The summed E-state index contributed by atoms with van der Waals surface area (Å²) in [6.07, 6.45) is 3.25. The smallest absolute Gasteiger partial charge is 0.225 e. The molecule has 1 aromatic carbocycles. The van der Waals surface area contributed by atoms with Crippen molar-refractivity contribution in [3.8, 4) is 11.8 Å². The van der Waals surface area contributed by atoms with E-state index in [0.29, 0.717) is 24.7 Å². The van der Waals surface area contributed by atoms with Crippen LogP contribution in [0.4, 0.5) is 10.3 Å². The summed E-state index contributed by atoms with van der Waals surface area (Å²) in [5.74, 6) is 5.75. The molecule has 5 nitrogen and oxygen atoms in total. The summed E-state index contributed by atoms with van der Waals surface area (Å²) >= 11 is 0. The molecule has 2 heterocycles. The molecular formula is C17H16FN3O2. The first-order chi connectivity index (χ1) is 11.3. The second-order valence-corrected chi connectivity index (χ2v) is 5.06. The van der Waals surface area contributed by atoms with Gasteiger partial charge < -0.3 is 14.7 Å². The van der Waals surface area contributed by atoms with Crippen molar-refractivity contribution in [2.24, 2.45) is 0 Å². The Bertz CT molecular complexity index is 732. The number of hydrogen-bond donors (Lipinski definition) is 1. The van der Waals surface area contributed by atoms with Crippen LogP contribution in [0.3, 0.4) is 0 Å². The molecule has 118 valence electrons. The second-order valence-electron chi connectivity index (χ2n) is 5.06. The minimum Gasteiger partial charge on any atom is -0.392 e. The molecule has 23 heavy (non-hydrogen) atoms. The zero-order valence-electron chi connectivity index (χ0n) is 12.5. The summed E-state index contributed by atoms with van der Waals surface area (Å²) in [7, 11) is 0. The lowest BCUT2D eigenvalue weighted by Gasteiger charge is -2.26. The maximum Gasteiger partial charge on any atom is 0.225 e. The molecule has 0 bridgehead atoms. The minimum absolute atomic E-state index is 0.232. The van der Waals surface area contributed by atoms with Crippen LogP contribution in [0, 0.1) is 17.7 Å². The molecule has 0 unspecified atom stereocenters. The molecule has 6 heteroatoms. The van der Waals surface area contributed by atoms with Crippen molar-refractivity contribution in [2.75, 3.05) is 31.2 Å². The van der Waals surface area contributed by atoms with Gasteiger partial charge in [-0.1, -0.05) is 24.0 Å². The van der Waals surface area contributed by atoms with Crippen molar-refractivity contribution in [1.29, 1.82) is 0 Å². The fourth-order valence-corrected chi connectivity index (χ4v) is 2.25. The maximum atomic E-state index is 14.0. The Balaban J connectivity index is 1.76. The SMILES string of the molecule is OCc1cccc(C#Cc2cnc(N3CCOCC3)nc2)c1F. The summed E-state index contributed by atoms with van der Waals surface area (Å²) in [4.78, 5) is 10.6. The lowest BCUT2D eigenvalue weighted by molar-refractivity contribution is 0.122. The van der Waals surface area contributed by atoms with Gasteiger partial charge in [0.1, 0.15) is 5.82 Å². The summed E-state index contributed by atoms with van der Waals surface area (Å²) in [5.41, 5.74) is 1.08. The van der Waals surface area contributed by atoms with Crippen LogP contribution < -0.4 is 4.90 Å². The first-order valence-electron chi connectivity index (χ1n) is 7.33. The van der Waals surface area contributed by atoms with E-state index in [0.717, 1.165) is 13.1 Å². The molecule has 0 aliphatic carbocycles. The molecule has 1 aliphatic rings. The van der Waals surface area contributed by atoms with Gasteiger partial charge in [0.05, 0.1) is 30.9 Å². The first-order valence-corrected chi connectivity index (χ1v) is 7.33. The van der Waals surface area contributed by atoms with E-state index in [9.17, 15) is 4.39 Å². The van der Waals surface area contributed by atoms with Gasteiger partial charge in [0.2, 0.25) is 5.95 Å². The molecule has 1 aromatic heterocycles. The van der Waals surface area contributed by atoms with Crippen LogP contribution in [0.2, 0.25) is 0 Å². The number of morpholine rings is 1. The van der Waals surface area contributed by atoms with Crippen molar-refractivity contribution >= 4 is 5.95 Å². The molecule has 0 amide bonds. The lowest BCUT2D eigenvalue weighted by atomic mass is 10.1. The van der Waals surface area contributed by atoms with Crippen molar-refractivity contribution in [1.82, 2.24) is 9.97 Å². The Morgan fingerprint density at radius 1 is 1.17 bits per heavy atom. The van der Waals surface area contributed by atoms with E-state index >= 15 is 0 Å². The largest absolute Gasteiger partial charge is 0.392 e. The Morgan fingerprint density at radius 2 is 1.91 bits per heavy atom. The number of aromatic nitrogens is 2. The van der Waals surface area contributed by atoms with Crippen LogP contribution in [-0.2, 0) is 11.3 Å². The van der Waals surface area contributed by atoms with Crippen LogP contribution in [0.5, 0.6) is 0 Å². The van der Waals surface area contributed by atoms with E-state index in [1.54, 1.807) is 24.5 Å². The average molecular weight is 313 g/mol. The zero-order valence-corrected chi connectivity index (χ0v) is 12.5. The number of anilines is 1. The van der Waals surface area contributed by atoms with Crippen LogP contribution in [0.25, 0.3) is 0 Å². The number of nitrogens with zero attached hydrogens (tertiary/aromatic N) is 3. The molecule has 0 atom stereocenters. The standard InChI is InChI=1S/C17H16FN3O2/c18-16-14(2-1-3-15(16)12-22)5-4-13-10-19-17(20-11-13)21-6-8-23-9-7-21/h1-3,10-11,22H,6-9,12H2. The molecule has 0 radical (unpaired) electrons. The molecule has 1 aliphatic heterocycles. The molecular weight excluding hydrogens is 297 g/mol. The van der Waals surface area contributed by atoms with Gasteiger partial charge in [0.25, 0.3) is 0 Å². The van der Waals surface area contributed by atoms with Crippen LogP contribution in [-0.4, -0.2) is 41.4 Å². The summed E-state index contributed by atoms with van der Waals surface area (Å²) < 4.78 is 19.3. The minimum atomic E-state index is -0.492. The van der Waals surface area contributed by atoms with Crippen molar-refractivity contribution < 1.29 is 14.2 Å². The fourth-order valence-electron chi connectivity index (χ4n) is 2.25. The highest BCUT2D eigenvalue weighted by molar-refractivity contribution is 5.44. The van der Waals surface area contributed by atoms with E-state index in [2.05, 4.69) is 21.8 Å². The van der Waals surface area contributed by atoms with Crippen molar-refractivity contribution in [2.45, 2.75) is 6.61 Å². The maximum absolute atomic E-state index is 14.0. The fraction of sp³-hybridized carbons (Fsp3) is 0.294. The summed E-state index contributed by atoms with van der Waals surface area (Å²) in [6, 6.07) is 4.77. The monoisotopic (exact) mass is 313 g/mol.